The smallest absolute Gasteiger partial charge is 0.410 e. The number of carbonyl (C=O) groups excluding carboxylic acids is 1. The van der Waals surface area contributed by atoms with Crippen LogP contribution in [0.5, 0.6) is 0 Å². The molecule has 5 N–H and O–H groups in total. The number of halogens is 2. The summed E-state index contributed by atoms with van der Waals surface area (Å²) >= 11 is 13.0. The van der Waals surface area contributed by atoms with Crippen molar-refractivity contribution < 1.29 is 18.4 Å². The molecule has 0 aliphatic carbocycles. The second kappa shape index (κ2) is 22.2. The van der Waals surface area contributed by atoms with E-state index < -0.39 is 5.60 Å². The van der Waals surface area contributed by atoms with E-state index in [9.17, 15) is 4.79 Å². The molecule has 0 bridgehead atoms. The summed E-state index contributed by atoms with van der Waals surface area (Å²) in [7, 11) is 0. The number of nitrogens with one attached hydrogen (secondary N) is 1. The maximum atomic E-state index is 12.4. The third kappa shape index (κ3) is 12.2. The minimum atomic E-state index is -0.479. The number of nitrogens with zero attached hydrogens (tertiary/aromatic N) is 13. The van der Waals surface area contributed by atoms with Crippen LogP contribution in [-0.2, 0) is 4.74 Å². The number of hydrogen-bond donors (Lipinski definition) is 3. The Morgan fingerprint density at radius 2 is 1.12 bits per heavy atom. The van der Waals surface area contributed by atoms with Gasteiger partial charge in [-0.15, -0.1) is 20.4 Å². The average molecular weight is 946 g/mol. The molecule has 4 aromatic rings. The Hall–Kier alpha value is -4.63. The summed E-state index contributed by atoms with van der Waals surface area (Å²) in [6.45, 7) is 22.3. The zero-order valence-electron chi connectivity index (χ0n) is 37.5. The van der Waals surface area contributed by atoms with Crippen molar-refractivity contribution in [3.05, 3.63) is 22.1 Å². The highest BCUT2D eigenvalue weighted by molar-refractivity contribution is 6.32. The van der Waals surface area contributed by atoms with E-state index in [1.54, 1.807) is 13.8 Å². The minimum Gasteiger partial charge on any atom is -0.444 e. The highest BCUT2D eigenvalue weighted by atomic mass is 35.5. The van der Waals surface area contributed by atoms with Crippen molar-refractivity contribution in [2.24, 2.45) is 0 Å². The van der Waals surface area contributed by atoms with Gasteiger partial charge in [-0.05, 0) is 72.4 Å². The Balaban J connectivity index is 0.000000242. The molecule has 1 amide bonds. The number of nitrogen functional groups attached to an aromatic ring is 2. The molecule has 0 aromatic carbocycles. The molecule has 4 aliphatic heterocycles. The number of likely N-dealkylation sites (tertiary alicyclic amines) is 1. The average Bonchev–Trinajstić information content (AvgIpc) is 3.92. The molecule has 0 radical (unpaired) electrons. The fourth-order valence-electron chi connectivity index (χ4n) is 9.00. The molecule has 4 aliphatic rings. The topological polar surface area (TPSA) is 236 Å². The van der Waals surface area contributed by atoms with E-state index in [0.717, 1.165) is 78.0 Å². The van der Waals surface area contributed by atoms with Crippen LogP contribution in [-0.4, -0.2) is 156 Å². The lowest BCUT2D eigenvalue weighted by Gasteiger charge is -2.47. The molecule has 360 valence electrons. The Morgan fingerprint density at radius 1 is 0.692 bits per heavy atom. The molecule has 4 saturated heterocycles. The number of ether oxygens (including phenoxy) is 1. The number of piperidine rings is 2. The van der Waals surface area contributed by atoms with Crippen LogP contribution in [0.15, 0.2) is 8.83 Å². The molecule has 0 unspecified atom stereocenters. The molecule has 8 heterocycles. The number of piperazine rings is 2. The second-order valence-electron chi connectivity index (χ2n) is 17.6. The van der Waals surface area contributed by atoms with Crippen molar-refractivity contribution in [3.8, 4) is 23.2 Å². The van der Waals surface area contributed by atoms with E-state index in [4.69, 9.17) is 48.2 Å². The van der Waals surface area contributed by atoms with Gasteiger partial charge in [-0.2, -0.15) is 0 Å². The third-order valence-corrected chi connectivity index (χ3v) is 12.7. The number of nitrogens with two attached hydrogens (primary N) is 2. The van der Waals surface area contributed by atoms with Crippen LogP contribution in [0, 0.1) is 13.8 Å². The van der Waals surface area contributed by atoms with Crippen molar-refractivity contribution in [1.82, 2.24) is 60.3 Å². The van der Waals surface area contributed by atoms with Crippen molar-refractivity contribution in [2.75, 3.05) is 86.7 Å². The summed E-state index contributed by atoms with van der Waals surface area (Å²) in [5.74, 6) is 2.95. The molecule has 22 heteroatoms. The van der Waals surface area contributed by atoms with Gasteiger partial charge < -0.3 is 45.1 Å². The van der Waals surface area contributed by atoms with Crippen molar-refractivity contribution in [1.29, 1.82) is 0 Å². The predicted molar refractivity (Wildman–Crippen MR) is 255 cm³/mol. The van der Waals surface area contributed by atoms with Gasteiger partial charge in [-0.25, -0.2) is 24.7 Å². The molecular formula is C43H70Cl2N16O4. The number of rotatable bonds is 8. The van der Waals surface area contributed by atoms with E-state index in [-0.39, 0.29) is 49.5 Å². The zero-order valence-corrected chi connectivity index (χ0v) is 39.0. The first-order valence-corrected chi connectivity index (χ1v) is 22.8. The van der Waals surface area contributed by atoms with Gasteiger partial charge in [0.1, 0.15) is 5.60 Å². The standard InChI is InChI=1S/C23H35ClN8O3.C18H27ClN8O.2CH4/c1-6-15-13-31(20-18(24)26-17(19(25)27-20)21-29-28-14(2)34-21)11-12-32(15)16-7-9-30(10-8-16)22(33)35-23(3,4)5;1-3-12-10-26(8-9-27(12)13-4-6-21-7-5-13)17-15(19)22-14(16(20)23-17)18-25-24-11(2)28-18;;/h15-16H,6-13H2,1-5H3,(H2,25,27);12-13,21H,3-10H2,1-2H3,(H2,20,23);2*1H4/t15-;12-;;/m00../s1. The van der Waals surface area contributed by atoms with Gasteiger partial charge in [0.05, 0.1) is 0 Å². The van der Waals surface area contributed by atoms with Crippen LogP contribution in [0.25, 0.3) is 23.2 Å². The first kappa shape index (κ1) is 51.4. The number of aryl methyl sites for hydroxylation is 2. The van der Waals surface area contributed by atoms with E-state index >= 15 is 0 Å². The summed E-state index contributed by atoms with van der Waals surface area (Å²) in [5, 5.41) is 19.6. The number of carbonyl (C=O) groups is 1. The predicted octanol–water partition coefficient (Wildman–Crippen LogP) is 6.37. The van der Waals surface area contributed by atoms with Crippen LogP contribution in [0.4, 0.5) is 28.1 Å². The number of anilines is 4. The van der Waals surface area contributed by atoms with E-state index in [0.29, 0.717) is 77.2 Å². The van der Waals surface area contributed by atoms with Gasteiger partial charge in [-0.1, -0.05) is 51.9 Å². The van der Waals surface area contributed by atoms with Crippen LogP contribution >= 0.6 is 23.2 Å². The lowest BCUT2D eigenvalue weighted by atomic mass is 9.98. The minimum absolute atomic E-state index is 0. The van der Waals surface area contributed by atoms with Crippen LogP contribution in [0.3, 0.4) is 0 Å². The van der Waals surface area contributed by atoms with Crippen LogP contribution in [0.2, 0.25) is 10.3 Å². The third-order valence-electron chi connectivity index (χ3n) is 12.1. The molecule has 0 spiro atoms. The van der Waals surface area contributed by atoms with Crippen LogP contribution < -0.4 is 26.6 Å². The first-order chi connectivity index (χ1) is 30.1. The van der Waals surface area contributed by atoms with Gasteiger partial charge >= 0.3 is 6.09 Å². The van der Waals surface area contributed by atoms with Gasteiger partial charge in [-0.3, -0.25) is 9.80 Å². The Morgan fingerprint density at radius 3 is 1.51 bits per heavy atom. The van der Waals surface area contributed by atoms with Gasteiger partial charge in [0.2, 0.25) is 11.8 Å². The maximum absolute atomic E-state index is 12.4. The Kier molecular flexibility index (Phi) is 17.6. The summed E-state index contributed by atoms with van der Waals surface area (Å²) in [6, 6.07) is 1.88. The number of aromatic nitrogens is 8. The fraction of sp³-hybridized carbons (Fsp3) is 0.698. The van der Waals surface area contributed by atoms with E-state index in [1.165, 1.54) is 12.8 Å². The van der Waals surface area contributed by atoms with Crippen LogP contribution in [0.1, 0.15) is 99.8 Å². The highest BCUT2D eigenvalue weighted by Gasteiger charge is 2.37. The quantitative estimate of drug-likeness (QED) is 0.174. The number of hydrogen-bond acceptors (Lipinski definition) is 19. The molecule has 4 fully saturated rings. The number of amides is 1. The lowest BCUT2D eigenvalue weighted by Crippen LogP contribution is -2.59. The van der Waals surface area contributed by atoms with Crippen molar-refractivity contribution in [3.63, 3.8) is 0 Å². The second-order valence-corrected chi connectivity index (χ2v) is 18.3. The van der Waals surface area contributed by atoms with Gasteiger partial charge in [0.25, 0.3) is 11.8 Å². The SMILES string of the molecule is C.C.CC[C@H]1CN(c2nc(N)c(-c3nnc(C)o3)nc2Cl)CCN1C1CCN(C(=O)OC(C)(C)C)CC1.CC[C@H]1CN(c2nc(N)c(-c3nnc(C)o3)nc2Cl)CCN1C1CCNCC1. The molecule has 8 rings (SSSR count). The van der Waals surface area contributed by atoms with E-state index in [2.05, 4.69) is 79.1 Å². The zero-order chi connectivity index (χ0) is 45.0. The summed E-state index contributed by atoms with van der Waals surface area (Å²) in [5.41, 5.74) is 12.5. The summed E-state index contributed by atoms with van der Waals surface area (Å²) < 4.78 is 16.4. The summed E-state index contributed by atoms with van der Waals surface area (Å²) in [6.07, 6.45) is 6.13. The summed E-state index contributed by atoms with van der Waals surface area (Å²) in [4.78, 5) is 41.7. The normalized spacial score (nSPS) is 20.4. The van der Waals surface area contributed by atoms with Crippen molar-refractivity contribution >= 4 is 52.6 Å². The van der Waals surface area contributed by atoms with Gasteiger partial charge in [0.15, 0.2) is 45.0 Å². The van der Waals surface area contributed by atoms with Gasteiger partial charge in [0, 0.05) is 90.4 Å². The molecular weight excluding hydrogens is 875 g/mol. The molecule has 0 saturated carbocycles. The van der Waals surface area contributed by atoms with E-state index in [1.807, 2.05) is 25.7 Å². The Bertz CT molecular complexity index is 2170. The highest BCUT2D eigenvalue weighted by Crippen LogP contribution is 2.34. The largest absolute Gasteiger partial charge is 0.444 e. The lowest BCUT2D eigenvalue weighted by molar-refractivity contribution is 0.00943. The maximum Gasteiger partial charge on any atom is 0.410 e. The fourth-order valence-corrected chi connectivity index (χ4v) is 9.49. The van der Waals surface area contributed by atoms with Crippen molar-refractivity contribution in [2.45, 2.75) is 132 Å². The monoisotopic (exact) mass is 945 g/mol. The molecule has 65 heavy (non-hydrogen) atoms. The Labute approximate surface area is 393 Å². The molecule has 4 aromatic heterocycles. The molecule has 20 nitrogen and oxygen atoms in total. The first-order valence-electron chi connectivity index (χ1n) is 22.1. The molecule has 2 atom stereocenters.